The monoisotopic (exact) mass is 261 g/mol. The van der Waals surface area contributed by atoms with Crippen molar-refractivity contribution >= 4 is 11.8 Å². The van der Waals surface area contributed by atoms with E-state index in [-0.39, 0.29) is 0 Å². The van der Waals surface area contributed by atoms with Gasteiger partial charge in [-0.15, -0.1) is 0 Å². The predicted octanol–water partition coefficient (Wildman–Crippen LogP) is 1.55. The molecule has 3 heterocycles. The van der Waals surface area contributed by atoms with Gasteiger partial charge in [0.05, 0.1) is 0 Å². The van der Waals surface area contributed by atoms with Gasteiger partial charge in [0, 0.05) is 37.4 Å². The predicted molar refractivity (Wildman–Crippen MR) is 77.7 cm³/mol. The smallest absolute Gasteiger partial charge is 0.227 e. The number of piperidine rings is 1. The summed E-state index contributed by atoms with van der Waals surface area (Å²) in [4.78, 5) is 11.5. The van der Waals surface area contributed by atoms with Crippen LogP contribution in [0.15, 0.2) is 6.07 Å². The van der Waals surface area contributed by atoms with Gasteiger partial charge in [-0.05, 0) is 39.2 Å². The number of hydrogen-bond acceptors (Lipinski definition) is 5. The third kappa shape index (κ3) is 3.15. The van der Waals surface area contributed by atoms with Gasteiger partial charge in [0.25, 0.3) is 0 Å². The van der Waals surface area contributed by atoms with Crippen molar-refractivity contribution in [1.29, 1.82) is 0 Å². The number of anilines is 2. The fraction of sp³-hybridized carbons (Fsp3) is 0.714. The summed E-state index contributed by atoms with van der Waals surface area (Å²) >= 11 is 0. The largest absolute Gasteiger partial charge is 0.366 e. The number of aromatic nitrogens is 2. The number of aryl methyl sites for hydroxylation is 1. The molecule has 104 valence electrons. The fourth-order valence-corrected chi connectivity index (χ4v) is 2.87. The van der Waals surface area contributed by atoms with Crippen LogP contribution in [0.3, 0.4) is 0 Å². The Morgan fingerprint density at radius 2 is 2.11 bits per heavy atom. The summed E-state index contributed by atoms with van der Waals surface area (Å²) in [5, 5.41) is 6.97. The number of hydrogen-bond donors (Lipinski definition) is 2. The Bertz CT molecular complexity index is 422. The minimum absolute atomic E-state index is 0.495. The van der Waals surface area contributed by atoms with Crippen molar-refractivity contribution in [3.05, 3.63) is 11.8 Å². The second kappa shape index (κ2) is 5.74. The summed E-state index contributed by atoms with van der Waals surface area (Å²) in [7, 11) is 0. The molecule has 0 aromatic carbocycles. The molecule has 1 aromatic heterocycles. The maximum absolute atomic E-state index is 4.69. The highest BCUT2D eigenvalue weighted by molar-refractivity contribution is 5.44. The van der Waals surface area contributed by atoms with E-state index in [4.69, 9.17) is 0 Å². The maximum atomic E-state index is 4.69. The Labute approximate surface area is 114 Å². The molecule has 19 heavy (non-hydrogen) atoms. The highest BCUT2D eigenvalue weighted by Gasteiger charge is 2.17. The van der Waals surface area contributed by atoms with E-state index < -0.39 is 0 Å². The van der Waals surface area contributed by atoms with Gasteiger partial charge in [-0.2, -0.15) is 4.98 Å². The summed E-state index contributed by atoms with van der Waals surface area (Å²) in [6, 6.07) is 2.54. The molecule has 2 N–H and O–H groups in total. The second-order valence-electron chi connectivity index (χ2n) is 5.58. The Morgan fingerprint density at radius 3 is 2.84 bits per heavy atom. The Hall–Kier alpha value is -1.36. The van der Waals surface area contributed by atoms with E-state index in [1.54, 1.807) is 0 Å². The SMILES string of the molecule is Cc1cc(NC2CCCNC2)nc(N2CCCC2)n1. The molecule has 0 spiro atoms. The number of nitrogens with zero attached hydrogens (tertiary/aromatic N) is 3. The van der Waals surface area contributed by atoms with Crippen molar-refractivity contribution in [3.63, 3.8) is 0 Å². The summed E-state index contributed by atoms with van der Waals surface area (Å²) < 4.78 is 0. The van der Waals surface area contributed by atoms with Crippen LogP contribution in [0.25, 0.3) is 0 Å². The molecule has 3 rings (SSSR count). The molecular weight excluding hydrogens is 238 g/mol. The minimum Gasteiger partial charge on any atom is -0.366 e. The summed E-state index contributed by atoms with van der Waals surface area (Å²) in [6.45, 7) is 6.40. The molecule has 0 radical (unpaired) electrons. The van der Waals surface area contributed by atoms with Crippen LogP contribution >= 0.6 is 0 Å². The van der Waals surface area contributed by atoms with E-state index in [0.29, 0.717) is 6.04 Å². The first-order chi connectivity index (χ1) is 9.31. The molecule has 2 aliphatic heterocycles. The highest BCUT2D eigenvalue weighted by Crippen LogP contribution is 2.19. The van der Waals surface area contributed by atoms with Crippen LogP contribution in [-0.4, -0.2) is 42.2 Å². The first-order valence-electron chi connectivity index (χ1n) is 7.39. The Balaban J connectivity index is 1.73. The zero-order chi connectivity index (χ0) is 13.1. The zero-order valence-electron chi connectivity index (χ0n) is 11.7. The quantitative estimate of drug-likeness (QED) is 0.864. The molecule has 5 nitrogen and oxygen atoms in total. The van der Waals surface area contributed by atoms with E-state index in [0.717, 1.165) is 43.6 Å². The zero-order valence-corrected chi connectivity index (χ0v) is 11.7. The van der Waals surface area contributed by atoms with Gasteiger partial charge < -0.3 is 15.5 Å². The van der Waals surface area contributed by atoms with Crippen LogP contribution in [0, 0.1) is 6.92 Å². The van der Waals surface area contributed by atoms with Gasteiger partial charge in [-0.1, -0.05) is 0 Å². The molecule has 0 bridgehead atoms. The second-order valence-corrected chi connectivity index (χ2v) is 5.58. The molecule has 0 aliphatic carbocycles. The fourth-order valence-electron chi connectivity index (χ4n) is 2.87. The lowest BCUT2D eigenvalue weighted by molar-refractivity contribution is 0.479. The lowest BCUT2D eigenvalue weighted by Crippen LogP contribution is -2.38. The van der Waals surface area contributed by atoms with E-state index in [9.17, 15) is 0 Å². The summed E-state index contributed by atoms with van der Waals surface area (Å²) in [6.07, 6.45) is 4.97. The van der Waals surface area contributed by atoms with Crippen molar-refractivity contribution in [2.45, 2.75) is 38.6 Å². The molecule has 5 heteroatoms. The molecule has 2 fully saturated rings. The molecule has 1 unspecified atom stereocenters. The van der Waals surface area contributed by atoms with Crippen molar-refractivity contribution in [2.24, 2.45) is 0 Å². The number of rotatable bonds is 3. The van der Waals surface area contributed by atoms with Gasteiger partial charge in [0.2, 0.25) is 5.95 Å². The van der Waals surface area contributed by atoms with Crippen LogP contribution in [0.1, 0.15) is 31.4 Å². The lowest BCUT2D eigenvalue weighted by atomic mass is 10.1. The molecule has 0 saturated carbocycles. The average molecular weight is 261 g/mol. The van der Waals surface area contributed by atoms with Gasteiger partial charge in [-0.3, -0.25) is 0 Å². The van der Waals surface area contributed by atoms with E-state index in [1.165, 1.54) is 25.7 Å². The Morgan fingerprint density at radius 1 is 1.26 bits per heavy atom. The topological polar surface area (TPSA) is 53.1 Å². The normalized spacial score (nSPS) is 23.6. The molecule has 1 aromatic rings. The first kappa shape index (κ1) is 12.7. The molecule has 2 saturated heterocycles. The van der Waals surface area contributed by atoms with Crippen molar-refractivity contribution < 1.29 is 0 Å². The summed E-state index contributed by atoms with van der Waals surface area (Å²) in [5.74, 6) is 1.87. The highest BCUT2D eigenvalue weighted by atomic mass is 15.3. The van der Waals surface area contributed by atoms with Crippen LogP contribution in [0.5, 0.6) is 0 Å². The molecule has 2 aliphatic rings. The lowest BCUT2D eigenvalue weighted by Gasteiger charge is -2.25. The minimum atomic E-state index is 0.495. The maximum Gasteiger partial charge on any atom is 0.227 e. The van der Waals surface area contributed by atoms with Crippen LogP contribution in [-0.2, 0) is 0 Å². The molecule has 1 atom stereocenters. The van der Waals surface area contributed by atoms with Crippen molar-refractivity contribution in [2.75, 3.05) is 36.4 Å². The van der Waals surface area contributed by atoms with Gasteiger partial charge in [0.15, 0.2) is 0 Å². The van der Waals surface area contributed by atoms with Crippen molar-refractivity contribution in [1.82, 2.24) is 15.3 Å². The molecular formula is C14H23N5. The van der Waals surface area contributed by atoms with Crippen LogP contribution < -0.4 is 15.5 Å². The number of nitrogens with one attached hydrogen (secondary N) is 2. The van der Waals surface area contributed by atoms with E-state index in [2.05, 4.69) is 25.5 Å². The Kier molecular flexibility index (Phi) is 3.82. The van der Waals surface area contributed by atoms with Crippen molar-refractivity contribution in [3.8, 4) is 0 Å². The average Bonchev–Trinajstić information content (AvgIpc) is 2.93. The molecule has 0 amide bonds. The summed E-state index contributed by atoms with van der Waals surface area (Å²) in [5.41, 5.74) is 1.04. The van der Waals surface area contributed by atoms with Crippen LogP contribution in [0.2, 0.25) is 0 Å². The van der Waals surface area contributed by atoms with Gasteiger partial charge >= 0.3 is 0 Å². The first-order valence-corrected chi connectivity index (χ1v) is 7.39. The third-order valence-corrected chi connectivity index (χ3v) is 3.88. The van der Waals surface area contributed by atoms with Gasteiger partial charge in [-0.25, -0.2) is 4.98 Å². The van der Waals surface area contributed by atoms with Gasteiger partial charge in [0.1, 0.15) is 5.82 Å². The third-order valence-electron chi connectivity index (χ3n) is 3.88. The standard InChI is InChI=1S/C14H23N5/c1-11-9-13(17-12-5-4-6-15-10-12)18-14(16-11)19-7-2-3-8-19/h9,12,15H,2-8,10H2,1H3,(H,16,17,18). The van der Waals surface area contributed by atoms with E-state index in [1.807, 2.05) is 13.0 Å². The van der Waals surface area contributed by atoms with E-state index >= 15 is 0 Å². The van der Waals surface area contributed by atoms with Crippen LogP contribution in [0.4, 0.5) is 11.8 Å².